The van der Waals surface area contributed by atoms with Crippen molar-refractivity contribution >= 4 is 17.7 Å². The molecule has 0 radical (unpaired) electrons. The number of anilines is 1. The van der Waals surface area contributed by atoms with Gasteiger partial charge in [-0.3, -0.25) is 4.79 Å². The van der Waals surface area contributed by atoms with Gasteiger partial charge in [0, 0.05) is 24.1 Å². The van der Waals surface area contributed by atoms with E-state index in [-0.39, 0.29) is 12.0 Å². The fourth-order valence-electron chi connectivity index (χ4n) is 2.69. The number of benzene rings is 1. The van der Waals surface area contributed by atoms with E-state index < -0.39 is 0 Å². The molecule has 0 saturated heterocycles. The molecule has 1 unspecified atom stereocenters. The monoisotopic (exact) mass is 327 g/mol. The van der Waals surface area contributed by atoms with E-state index in [1.807, 2.05) is 45.0 Å². The van der Waals surface area contributed by atoms with Crippen molar-refractivity contribution in [2.75, 3.05) is 11.9 Å². The van der Waals surface area contributed by atoms with Gasteiger partial charge in [0.2, 0.25) is 5.91 Å². The van der Waals surface area contributed by atoms with Gasteiger partial charge in [0.15, 0.2) is 0 Å². The average molecular weight is 327 g/mol. The Morgan fingerprint density at radius 3 is 2.96 bits per heavy atom. The first-order chi connectivity index (χ1) is 11.5. The Hall–Kier alpha value is -2.69. The van der Waals surface area contributed by atoms with E-state index in [0.29, 0.717) is 23.8 Å². The van der Waals surface area contributed by atoms with Crippen LogP contribution in [0.1, 0.15) is 30.9 Å². The minimum absolute atomic E-state index is 0.141. The van der Waals surface area contributed by atoms with Crippen LogP contribution in [0, 0.1) is 6.92 Å². The first-order valence-electron chi connectivity index (χ1n) is 8.07. The van der Waals surface area contributed by atoms with Crippen LogP contribution in [0.3, 0.4) is 0 Å². The molecule has 2 aromatic rings. The zero-order valence-electron chi connectivity index (χ0n) is 14.1. The van der Waals surface area contributed by atoms with Gasteiger partial charge in [-0.2, -0.15) is 0 Å². The first-order valence-corrected chi connectivity index (χ1v) is 8.07. The smallest absolute Gasteiger partial charge is 0.248 e. The van der Waals surface area contributed by atoms with Crippen LogP contribution in [-0.4, -0.2) is 18.6 Å². The van der Waals surface area contributed by atoms with E-state index in [2.05, 4.69) is 5.32 Å². The van der Waals surface area contributed by atoms with Gasteiger partial charge in [0.25, 0.3) is 0 Å². The second kappa shape index (κ2) is 6.83. The van der Waals surface area contributed by atoms with E-state index in [1.54, 1.807) is 6.08 Å². The number of carbonyl (C=O) groups excluding carboxylic acids is 1. The van der Waals surface area contributed by atoms with Gasteiger partial charge in [-0.15, -0.1) is 0 Å². The lowest BCUT2D eigenvalue weighted by molar-refractivity contribution is -0.111. The first kappa shape index (κ1) is 16.2. The zero-order chi connectivity index (χ0) is 17.1. The standard InChI is InChI=1S/C19H21NO4/c1-4-22-18-10-14-9-13(3)24-17(14)11-16(18)20-19(21)8-7-15-6-5-12(2)23-15/h5-8,10-11,13H,4,9H2,1-3H3,(H,20,21)/b8-7+. The third-order valence-electron chi connectivity index (χ3n) is 3.72. The van der Waals surface area contributed by atoms with E-state index >= 15 is 0 Å². The molecule has 0 spiro atoms. The highest BCUT2D eigenvalue weighted by atomic mass is 16.5. The largest absolute Gasteiger partial charge is 0.492 e. The van der Waals surface area contributed by atoms with E-state index in [9.17, 15) is 4.79 Å². The number of hydrogen-bond donors (Lipinski definition) is 1. The SMILES string of the molecule is CCOc1cc2c(cc1NC(=O)/C=C/c1ccc(C)o1)OC(C)C2. The summed E-state index contributed by atoms with van der Waals surface area (Å²) in [5, 5.41) is 2.84. The van der Waals surface area contributed by atoms with Crippen LogP contribution in [0.25, 0.3) is 6.08 Å². The minimum atomic E-state index is -0.254. The quantitative estimate of drug-likeness (QED) is 0.844. The topological polar surface area (TPSA) is 60.7 Å². The summed E-state index contributed by atoms with van der Waals surface area (Å²) in [6, 6.07) is 7.43. The van der Waals surface area contributed by atoms with Gasteiger partial charge in [-0.05, 0) is 45.0 Å². The summed E-state index contributed by atoms with van der Waals surface area (Å²) in [7, 11) is 0. The van der Waals surface area contributed by atoms with Crippen LogP contribution in [0.5, 0.6) is 11.5 Å². The van der Waals surface area contributed by atoms with Crippen molar-refractivity contribution in [2.24, 2.45) is 0 Å². The Morgan fingerprint density at radius 1 is 1.42 bits per heavy atom. The van der Waals surface area contributed by atoms with Crippen molar-refractivity contribution in [1.29, 1.82) is 0 Å². The van der Waals surface area contributed by atoms with Crippen LogP contribution in [0.4, 0.5) is 5.69 Å². The molecule has 0 saturated carbocycles. The normalized spacial score (nSPS) is 16.0. The summed E-state index contributed by atoms with van der Waals surface area (Å²) in [5.41, 5.74) is 1.71. The molecule has 1 aliphatic heterocycles. The molecular formula is C19H21NO4. The number of amides is 1. The molecule has 1 amide bonds. The lowest BCUT2D eigenvalue weighted by Gasteiger charge is -2.12. The number of ether oxygens (including phenoxy) is 2. The predicted molar refractivity (Wildman–Crippen MR) is 92.5 cm³/mol. The highest BCUT2D eigenvalue weighted by Crippen LogP contribution is 2.38. The molecule has 126 valence electrons. The number of aryl methyl sites for hydroxylation is 1. The van der Waals surface area contributed by atoms with Crippen LogP contribution >= 0.6 is 0 Å². The fourth-order valence-corrected chi connectivity index (χ4v) is 2.69. The fraction of sp³-hybridized carbons (Fsp3) is 0.316. The highest BCUT2D eigenvalue weighted by molar-refractivity contribution is 6.02. The van der Waals surface area contributed by atoms with Crippen molar-refractivity contribution in [3.63, 3.8) is 0 Å². The van der Waals surface area contributed by atoms with Crippen molar-refractivity contribution < 1.29 is 18.7 Å². The highest BCUT2D eigenvalue weighted by Gasteiger charge is 2.22. The van der Waals surface area contributed by atoms with Crippen molar-refractivity contribution in [2.45, 2.75) is 33.3 Å². The van der Waals surface area contributed by atoms with Crippen molar-refractivity contribution in [3.8, 4) is 11.5 Å². The van der Waals surface area contributed by atoms with E-state index in [4.69, 9.17) is 13.9 Å². The molecule has 1 N–H and O–H groups in total. The van der Waals surface area contributed by atoms with Crippen LogP contribution in [0.15, 0.2) is 34.8 Å². The third-order valence-corrected chi connectivity index (χ3v) is 3.72. The summed E-state index contributed by atoms with van der Waals surface area (Å²) in [6.45, 7) is 6.32. The molecule has 2 heterocycles. The molecule has 5 nitrogen and oxygen atoms in total. The average Bonchev–Trinajstić information content (AvgIpc) is 3.10. The number of fused-ring (bicyclic) bond motifs is 1. The Morgan fingerprint density at radius 2 is 2.25 bits per heavy atom. The Balaban J connectivity index is 1.77. The summed E-state index contributed by atoms with van der Waals surface area (Å²) < 4.78 is 16.8. The van der Waals surface area contributed by atoms with Crippen LogP contribution in [-0.2, 0) is 11.2 Å². The predicted octanol–water partition coefficient (Wildman–Crippen LogP) is 3.96. The maximum absolute atomic E-state index is 12.2. The molecule has 1 atom stereocenters. The second-order valence-electron chi connectivity index (χ2n) is 5.79. The minimum Gasteiger partial charge on any atom is -0.492 e. The molecule has 1 aliphatic rings. The summed E-state index contributed by atoms with van der Waals surface area (Å²) in [6.07, 6.45) is 4.06. The lowest BCUT2D eigenvalue weighted by Crippen LogP contribution is -2.10. The summed E-state index contributed by atoms with van der Waals surface area (Å²) in [5.74, 6) is 2.64. The molecule has 3 rings (SSSR count). The maximum Gasteiger partial charge on any atom is 0.248 e. The van der Waals surface area contributed by atoms with Gasteiger partial charge in [-0.25, -0.2) is 0 Å². The Kier molecular flexibility index (Phi) is 4.60. The number of hydrogen-bond acceptors (Lipinski definition) is 4. The molecule has 0 aliphatic carbocycles. The molecule has 1 aromatic carbocycles. The molecule has 0 fully saturated rings. The number of nitrogens with one attached hydrogen (secondary N) is 1. The molecule has 5 heteroatoms. The van der Waals surface area contributed by atoms with Gasteiger partial charge in [-0.1, -0.05) is 0 Å². The Labute approximate surface area is 141 Å². The number of carbonyl (C=O) groups is 1. The van der Waals surface area contributed by atoms with Gasteiger partial charge >= 0.3 is 0 Å². The molecule has 24 heavy (non-hydrogen) atoms. The number of rotatable bonds is 5. The van der Waals surface area contributed by atoms with Gasteiger partial charge < -0.3 is 19.2 Å². The lowest BCUT2D eigenvalue weighted by atomic mass is 10.1. The van der Waals surface area contributed by atoms with Gasteiger partial charge in [0.1, 0.15) is 29.1 Å². The molecular weight excluding hydrogens is 306 g/mol. The summed E-state index contributed by atoms with van der Waals surface area (Å²) >= 11 is 0. The van der Waals surface area contributed by atoms with E-state index in [0.717, 1.165) is 23.5 Å². The Bertz CT molecular complexity index is 776. The van der Waals surface area contributed by atoms with Crippen LogP contribution in [0.2, 0.25) is 0 Å². The molecule has 1 aromatic heterocycles. The van der Waals surface area contributed by atoms with Crippen molar-refractivity contribution in [1.82, 2.24) is 0 Å². The van der Waals surface area contributed by atoms with Gasteiger partial charge in [0.05, 0.1) is 12.3 Å². The second-order valence-corrected chi connectivity index (χ2v) is 5.79. The molecule has 0 bridgehead atoms. The number of furan rings is 1. The van der Waals surface area contributed by atoms with E-state index in [1.165, 1.54) is 6.08 Å². The third kappa shape index (κ3) is 3.62. The van der Waals surface area contributed by atoms with Crippen molar-refractivity contribution in [3.05, 3.63) is 47.4 Å². The summed E-state index contributed by atoms with van der Waals surface area (Å²) in [4.78, 5) is 12.2. The zero-order valence-corrected chi connectivity index (χ0v) is 14.1. The maximum atomic E-state index is 12.2. The van der Waals surface area contributed by atoms with Crippen LogP contribution < -0.4 is 14.8 Å².